The first kappa shape index (κ1) is 18.0. The van der Waals surface area contributed by atoms with Crippen LogP contribution in [0.2, 0.25) is 0 Å². The number of aromatic nitrogens is 7. The molecule has 0 aromatic carbocycles. The fourth-order valence-corrected chi connectivity index (χ4v) is 4.05. The van der Waals surface area contributed by atoms with E-state index in [1.807, 2.05) is 58.5 Å². The van der Waals surface area contributed by atoms with Crippen molar-refractivity contribution in [3.05, 3.63) is 73.1 Å². The van der Waals surface area contributed by atoms with Crippen LogP contribution in [0.3, 0.4) is 0 Å². The Bertz CT molecular complexity index is 1590. The van der Waals surface area contributed by atoms with Gasteiger partial charge in [-0.2, -0.15) is 0 Å². The van der Waals surface area contributed by atoms with E-state index in [0.29, 0.717) is 0 Å². The minimum absolute atomic E-state index is 0.753. The summed E-state index contributed by atoms with van der Waals surface area (Å²) < 4.78 is 3.87. The fraction of sp³-hybridized carbons (Fsp3) is 0. The molecule has 6 heterocycles. The van der Waals surface area contributed by atoms with E-state index in [0.717, 1.165) is 56.2 Å². The molecule has 0 saturated heterocycles. The summed E-state index contributed by atoms with van der Waals surface area (Å²) in [4.78, 5) is 23.4. The summed E-state index contributed by atoms with van der Waals surface area (Å²) in [6.07, 6.45) is 20.5. The minimum Gasteiger partial charge on any atom is -0.366 e. The third-order valence-corrected chi connectivity index (χ3v) is 5.53. The molecule has 0 spiro atoms. The van der Waals surface area contributed by atoms with Gasteiger partial charge < -0.3 is 20.3 Å². The van der Waals surface area contributed by atoms with Crippen molar-refractivity contribution < 1.29 is 0 Å². The van der Waals surface area contributed by atoms with Gasteiger partial charge in [0.05, 0.1) is 28.8 Å². The Morgan fingerprint density at radius 3 is 1.97 bits per heavy atom. The topological polar surface area (TPSA) is 107 Å². The van der Waals surface area contributed by atoms with Gasteiger partial charge in [-0.3, -0.25) is 9.13 Å². The molecule has 5 aromatic rings. The van der Waals surface area contributed by atoms with Crippen LogP contribution >= 0.6 is 0 Å². The molecule has 0 amide bonds. The van der Waals surface area contributed by atoms with Crippen molar-refractivity contribution in [1.82, 2.24) is 39.4 Å². The van der Waals surface area contributed by atoms with Gasteiger partial charge in [0, 0.05) is 72.9 Å². The van der Waals surface area contributed by atoms with Gasteiger partial charge in [-0.05, 0) is 0 Å². The Morgan fingerprint density at radius 1 is 0.719 bits per heavy atom. The number of nitrogens with zero attached hydrogens (tertiary/aromatic N) is 5. The number of hydrogen-bond donors (Lipinski definition) is 4. The Balaban J connectivity index is 1.47. The molecule has 1 aliphatic heterocycles. The van der Waals surface area contributed by atoms with Crippen LogP contribution in [0.15, 0.2) is 55.3 Å². The maximum absolute atomic E-state index is 4.70. The summed E-state index contributed by atoms with van der Waals surface area (Å²) in [5, 5.41) is 3.29. The SMILES string of the molecule is C=Cn1c(/C=C2\N=CN/C(=C\c3nc4c[nH]cc4n3C=C)c3c[nH]cc32)nc2c[nH]cc21. The molecule has 9 nitrogen and oxygen atoms in total. The van der Waals surface area contributed by atoms with Gasteiger partial charge in [-0.25, -0.2) is 15.0 Å². The van der Waals surface area contributed by atoms with Crippen LogP contribution in [0.1, 0.15) is 22.8 Å². The quantitative estimate of drug-likeness (QED) is 0.349. The van der Waals surface area contributed by atoms with Crippen LogP contribution in [-0.2, 0) is 0 Å². The first-order valence-electron chi connectivity index (χ1n) is 10.0. The first-order valence-corrected chi connectivity index (χ1v) is 10.0. The zero-order valence-corrected chi connectivity index (χ0v) is 17.0. The molecule has 0 bridgehead atoms. The second-order valence-corrected chi connectivity index (χ2v) is 7.27. The van der Waals surface area contributed by atoms with Crippen molar-refractivity contribution in [3.8, 4) is 0 Å². The lowest BCUT2D eigenvalue weighted by Crippen LogP contribution is -2.08. The highest BCUT2D eigenvalue weighted by molar-refractivity contribution is 5.98. The Morgan fingerprint density at radius 2 is 1.31 bits per heavy atom. The van der Waals surface area contributed by atoms with Gasteiger partial charge in [-0.15, -0.1) is 0 Å². The monoisotopic (exact) mass is 421 g/mol. The van der Waals surface area contributed by atoms with Gasteiger partial charge in [0.1, 0.15) is 22.7 Å². The molecule has 156 valence electrons. The molecular weight excluding hydrogens is 402 g/mol. The highest BCUT2D eigenvalue weighted by Crippen LogP contribution is 2.31. The number of H-pyrrole nitrogens is 3. The summed E-state index contributed by atoms with van der Waals surface area (Å²) in [7, 11) is 0. The van der Waals surface area contributed by atoms with E-state index >= 15 is 0 Å². The van der Waals surface area contributed by atoms with Gasteiger partial charge >= 0.3 is 0 Å². The maximum Gasteiger partial charge on any atom is 0.140 e. The molecule has 6 rings (SSSR count). The predicted octanol–water partition coefficient (Wildman–Crippen LogP) is 4.20. The van der Waals surface area contributed by atoms with E-state index in [9.17, 15) is 0 Å². The highest BCUT2D eigenvalue weighted by Gasteiger charge is 2.18. The summed E-state index contributed by atoms with van der Waals surface area (Å²) in [5.41, 5.74) is 7.25. The predicted molar refractivity (Wildman–Crippen MR) is 129 cm³/mol. The molecule has 4 N–H and O–H groups in total. The molecule has 5 aromatic heterocycles. The zero-order valence-electron chi connectivity index (χ0n) is 17.0. The second-order valence-electron chi connectivity index (χ2n) is 7.27. The number of nitrogens with one attached hydrogen (secondary N) is 4. The summed E-state index contributed by atoms with van der Waals surface area (Å²) in [5.74, 6) is 1.52. The third-order valence-electron chi connectivity index (χ3n) is 5.53. The van der Waals surface area contributed by atoms with E-state index in [1.165, 1.54) is 0 Å². The molecule has 1 aliphatic rings. The Hall–Kier alpha value is -4.79. The van der Waals surface area contributed by atoms with Crippen molar-refractivity contribution in [2.45, 2.75) is 0 Å². The van der Waals surface area contributed by atoms with Gasteiger partial charge in [-0.1, -0.05) is 13.2 Å². The van der Waals surface area contributed by atoms with Crippen LogP contribution < -0.4 is 5.32 Å². The molecule has 0 saturated carbocycles. The van der Waals surface area contributed by atoms with E-state index in [-0.39, 0.29) is 0 Å². The summed E-state index contributed by atoms with van der Waals surface area (Å²) >= 11 is 0. The lowest BCUT2D eigenvalue weighted by atomic mass is 10.1. The van der Waals surface area contributed by atoms with Crippen molar-refractivity contribution >= 4 is 64.4 Å². The number of aliphatic imine (C=N–C) groups is 1. The van der Waals surface area contributed by atoms with E-state index in [4.69, 9.17) is 9.97 Å². The van der Waals surface area contributed by atoms with Crippen molar-refractivity contribution in [3.63, 3.8) is 0 Å². The Kier molecular flexibility index (Phi) is 3.87. The zero-order chi connectivity index (χ0) is 21.7. The molecule has 0 unspecified atom stereocenters. The molecule has 0 fully saturated rings. The highest BCUT2D eigenvalue weighted by atomic mass is 15.1. The molecule has 0 atom stereocenters. The standard InChI is InChI=1S/C23H19N9/c1-3-31-20-11-25-9-18(20)29-22(31)5-16-14-7-24-8-15(14)17(28-13-27-16)6-23-30-19-10-26-12-21(19)32(23)4-2/h3-13,24-26H,1-2H2,(H,27,28)/b16-5-,17-6-. The molecule has 32 heavy (non-hydrogen) atoms. The maximum atomic E-state index is 4.70. The first-order chi connectivity index (χ1) is 15.8. The molecule has 0 aliphatic carbocycles. The molecule has 9 heteroatoms. The van der Waals surface area contributed by atoms with Gasteiger partial charge in [0.25, 0.3) is 0 Å². The fourth-order valence-electron chi connectivity index (χ4n) is 4.05. The van der Waals surface area contributed by atoms with Crippen LogP contribution in [0.5, 0.6) is 0 Å². The molecule has 0 radical (unpaired) electrons. The largest absolute Gasteiger partial charge is 0.366 e. The van der Waals surface area contributed by atoms with E-state index in [2.05, 4.69) is 38.4 Å². The summed E-state index contributed by atoms with van der Waals surface area (Å²) in [6, 6.07) is 0. The van der Waals surface area contributed by atoms with Crippen LogP contribution in [0, 0.1) is 0 Å². The molecular formula is C23H19N9. The lowest BCUT2D eigenvalue weighted by molar-refractivity contribution is 1.13. The van der Waals surface area contributed by atoms with Crippen molar-refractivity contribution in [1.29, 1.82) is 0 Å². The average Bonchev–Trinajstić information content (AvgIpc) is 3.57. The number of imidazole rings is 2. The number of fused-ring (bicyclic) bond motifs is 3. The third kappa shape index (κ3) is 2.61. The number of rotatable bonds is 4. The second kappa shape index (κ2) is 6.88. The average molecular weight is 421 g/mol. The number of aromatic amines is 3. The minimum atomic E-state index is 0.753. The van der Waals surface area contributed by atoms with Gasteiger partial charge in [0.2, 0.25) is 0 Å². The van der Waals surface area contributed by atoms with Crippen LogP contribution in [-0.4, -0.2) is 40.4 Å². The lowest BCUT2D eigenvalue weighted by Gasteiger charge is -2.06. The van der Waals surface area contributed by atoms with Crippen molar-refractivity contribution in [2.75, 3.05) is 0 Å². The van der Waals surface area contributed by atoms with Gasteiger partial charge in [0.15, 0.2) is 0 Å². The Labute approximate surface area is 182 Å². The summed E-state index contributed by atoms with van der Waals surface area (Å²) in [6.45, 7) is 7.85. The normalized spacial score (nSPS) is 16.0. The van der Waals surface area contributed by atoms with E-state index < -0.39 is 0 Å². The van der Waals surface area contributed by atoms with Crippen LogP contribution in [0.4, 0.5) is 0 Å². The smallest absolute Gasteiger partial charge is 0.140 e. The van der Waals surface area contributed by atoms with Crippen LogP contribution in [0.25, 0.3) is 58.0 Å². The van der Waals surface area contributed by atoms with Crippen molar-refractivity contribution in [2.24, 2.45) is 4.99 Å². The number of hydrogen-bond acceptors (Lipinski definition) is 4. The van der Waals surface area contributed by atoms with E-state index in [1.54, 1.807) is 18.7 Å².